The Morgan fingerprint density at radius 3 is 2.93 bits per heavy atom. The smallest absolute Gasteiger partial charge is 0.168 e. The molecule has 1 fully saturated rings. The number of hydrogen-bond acceptors (Lipinski definition) is 3. The Bertz CT molecular complexity index is 359. The van der Waals surface area contributed by atoms with Crippen molar-refractivity contribution in [1.82, 2.24) is 4.98 Å². The molecular formula is C10H12F2N2O. The molecule has 2 heterocycles. The average Bonchev–Trinajstić information content (AvgIpc) is 2.17. The van der Waals surface area contributed by atoms with Gasteiger partial charge in [0.05, 0.1) is 12.3 Å². The number of halogens is 2. The number of aliphatic hydroxyl groups excluding tert-OH is 1. The molecule has 3 nitrogen and oxygen atoms in total. The minimum atomic E-state index is -0.686. The molecule has 1 aliphatic rings. The molecule has 1 aromatic heterocycles. The summed E-state index contributed by atoms with van der Waals surface area (Å²) in [5.41, 5.74) is 0. The maximum Gasteiger partial charge on any atom is 0.168 e. The van der Waals surface area contributed by atoms with Crippen molar-refractivity contribution in [3.05, 3.63) is 23.9 Å². The van der Waals surface area contributed by atoms with Crippen molar-refractivity contribution in [2.24, 2.45) is 0 Å². The van der Waals surface area contributed by atoms with Crippen molar-refractivity contribution in [1.29, 1.82) is 0 Å². The van der Waals surface area contributed by atoms with Crippen LogP contribution >= 0.6 is 0 Å². The molecule has 0 aromatic carbocycles. The first-order chi connectivity index (χ1) is 7.16. The average molecular weight is 214 g/mol. The van der Waals surface area contributed by atoms with E-state index in [2.05, 4.69) is 4.98 Å². The molecule has 0 spiro atoms. The van der Waals surface area contributed by atoms with Crippen LogP contribution in [0.3, 0.4) is 0 Å². The van der Waals surface area contributed by atoms with Gasteiger partial charge in [-0.1, -0.05) is 0 Å². The predicted octanol–water partition coefficient (Wildman–Crippen LogP) is 1.32. The van der Waals surface area contributed by atoms with E-state index in [4.69, 9.17) is 0 Å². The Balaban J connectivity index is 2.21. The second-order valence-corrected chi connectivity index (χ2v) is 3.70. The number of β-amino-alcohol motifs (C(OH)–C–C–N with tert-alkyl or cyclic N) is 1. The summed E-state index contributed by atoms with van der Waals surface area (Å²) in [6, 6.07) is 0.809. The van der Waals surface area contributed by atoms with Crippen molar-refractivity contribution < 1.29 is 13.9 Å². The minimum absolute atomic E-state index is 0.121. The molecule has 0 aliphatic carbocycles. The Morgan fingerprint density at radius 2 is 2.27 bits per heavy atom. The highest BCUT2D eigenvalue weighted by atomic mass is 19.1. The van der Waals surface area contributed by atoms with Gasteiger partial charge in [0.25, 0.3) is 0 Å². The number of nitrogens with zero attached hydrogens (tertiary/aromatic N) is 2. The van der Waals surface area contributed by atoms with Gasteiger partial charge in [0, 0.05) is 19.2 Å². The first-order valence-corrected chi connectivity index (χ1v) is 4.91. The zero-order chi connectivity index (χ0) is 10.8. The molecule has 5 heteroatoms. The largest absolute Gasteiger partial charge is 0.391 e. The van der Waals surface area contributed by atoms with Gasteiger partial charge < -0.3 is 10.0 Å². The second kappa shape index (κ2) is 4.10. The third-order valence-corrected chi connectivity index (χ3v) is 2.48. The van der Waals surface area contributed by atoms with E-state index in [1.54, 1.807) is 4.90 Å². The van der Waals surface area contributed by atoms with Crippen LogP contribution in [0, 0.1) is 11.6 Å². The van der Waals surface area contributed by atoms with Crippen molar-refractivity contribution >= 4 is 5.82 Å². The van der Waals surface area contributed by atoms with Crippen LogP contribution in [0.2, 0.25) is 0 Å². The van der Waals surface area contributed by atoms with E-state index in [9.17, 15) is 13.9 Å². The quantitative estimate of drug-likeness (QED) is 0.766. The fourth-order valence-electron chi connectivity index (χ4n) is 1.79. The number of hydrogen-bond donors (Lipinski definition) is 1. The Kier molecular flexibility index (Phi) is 2.81. The maximum atomic E-state index is 13.3. The van der Waals surface area contributed by atoms with Crippen molar-refractivity contribution in [2.45, 2.75) is 18.9 Å². The summed E-state index contributed by atoms with van der Waals surface area (Å²) in [6.07, 6.45) is 2.04. The molecule has 0 bridgehead atoms. The van der Waals surface area contributed by atoms with Gasteiger partial charge in [-0.25, -0.2) is 13.8 Å². The normalized spacial score (nSPS) is 21.8. The van der Waals surface area contributed by atoms with E-state index in [0.29, 0.717) is 13.1 Å². The molecule has 15 heavy (non-hydrogen) atoms. The summed E-state index contributed by atoms with van der Waals surface area (Å²) in [5, 5.41) is 9.42. The van der Waals surface area contributed by atoms with E-state index >= 15 is 0 Å². The molecular weight excluding hydrogens is 202 g/mol. The molecule has 1 aliphatic heterocycles. The van der Waals surface area contributed by atoms with Crippen LogP contribution in [0.5, 0.6) is 0 Å². The van der Waals surface area contributed by atoms with Crippen molar-refractivity contribution in [3.63, 3.8) is 0 Å². The lowest BCUT2D eigenvalue weighted by Gasteiger charge is -2.31. The Hall–Kier alpha value is -1.23. The maximum absolute atomic E-state index is 13.3. The monoisotopic (exact) mass is 214 g/mol. The highest BCUT2D eigenvalue weighted by Gasteiger charge is 2.21. The zero-order valence-corrected chi connectivity index (χ0v) is 8.16. The number of aliphatic hydroxyl groups is 1. The lowest BCUT2D eigenvalue weighted by Crippen LogP contribution is -2.39. The molecule has 0 radical (unpaired) electrons. The molecule has 0 amide bonds. The Labute approximate surface area is 86.4 Å². The SMILES string of the molecule is OC1CCCN(c2ncc(F)cc2F)C1. The van der Waals surface area contributed by atoms with E-state index in [1.807, 2.05) is 0 Å². The van der Waals surface area contributed by atoms with Gasteiger partial charge in [0.2, 0.25) is 0 Å². The van der Waals surface area contributed by atoms with E-state index in [-0.39, 0.29) is 5.82 Å². The number of pyridine rings is 1. The van der Waals surface area contributed by atoms with Gasteiger partial charge in [0.15, 0.2) is 11.6 Å². The predicted molar refractivity (Wildman–Crippen MR) is 51.6 cm³/mol. The van der Waals surface area contributed by atoms with Crippen LogP contribution < -0.4 is 4.90 Å². The van der Waals surface area contributed by atoms with Crippen LogP contribution in [-0.4, -0.2) is 29.3 Å². The highest BCUT2D eigenvalue weighted by Crippen LogP contribution is 2.21. The minimum Gasteiger partial charge on any atom is -0.391 e. The number of piperidine rings is 1. The van der Waals surface area contributed by atoms with Crippen molar-refractivity contribution in [2.75, 3.05) is 18.0 Å². The van der Waals surface area contributed by atoms with Crippen LogP contribution in [-0.2, 0) is 0 Å². The van der Waals surface area contributed by atoms with E-state index in [1.165, 1.54) is 0 Å². The third-order valence-electron chi connectivity index (χ3n) is 2.48. The summed E-state index contributed by atoms with van der Waals surface area (Å²) in [6.45, 7) is 1.00. The molecule has 1 N–H and O–H groups in total. The number of anilines is 1. The molecule has 82 valence electrons. The highest BCUT2D eigenvalue weighted by molar-refractivity contribution is 5.40. The van der Waals surface area contributed by atoms with Crippen LogP contribution in [0.15, 0.2) is 12.3 Å². The number of aromatic nitrogens is 1. The summed E-state index contributed by atoms with van der Waals surface area (Å²) in [5.74, 6) is -1.24. The standard InChI is InChI=1S/C10H12F2N2O/c11-7-4-9(12)10(13-5-7)14-3-1-2-8(15)6-14/h4-5,8,15H,1-3,6H2. The van der Waals surface area contributed by atoms with Gasteiger partial charge in [-0.15, -0.1) is 0 Å². The molecule has 2 rings (SSSR count). The van der Waals surface area contributed by atoms with Crippen LogP contribution in [0.25, 0.3) is 0 Å². The summed E-state index contributed by atoms with van der Waals surface area (Å²) in [4.78, 5) is 5.34. The number of rotatable bonds is 1. The molecule has 0 saturated carbocycles. The molecule has 1 aromatic rings. The summed E-state index contributed by atoms with van der Waals surface area (Å²) in [7, 11) is 0. The fraction of sp³-hybridized carbons (Fsp3) is 0.500. The fourth-order valence-corrected chi connectivity index (χ4v) is 1.79. The van der Waals surface area contributed by atoms with Crippen LogP contribution in [0.1, 0.15) is 12.8 Å². The van der Waals surface area contributed by atoms with Gasteiger partial charge in [0.1, 0.15) is 5.82 Å². The van der Waals surface area contributed by atoms with Crippen molar-refractivity contribution in [3.8, 4) is 0 Å². The van der Waals surface area contributed by atoms with Gasteiger partial charge in [-0.2, -0.15) is 0 Å². The van der Waals surface area contributed by atoms with Gasteiger partial charge in [-0.05, 0) is 12.8 Å². The topological polar surface area (TPSA) is 36.4 Å². The van der Waals surface area contributed by atoms with E-state index < -0.39 is 17.7 Å². The van der Waals surface area contributed by atoms with Gasteiger partial charge >= 0.3 is 0 Å². The van der Waals surface area contributed by atoms with Gasteiger partial charge in [-0.3, -0.25) is 0 Å². The lowest BCUT2D eigenvalue weighted by atomic mass is 10.1. The zero-order valence-electron chi connectivity index (χ0n) is 8.16. The molecule has 1 unspecified atom stereocenters. The summed E-state index contributed by atoms with van der Waals surface area (Å²) >= 11 is 0. The Morgan fingerprint density at radius 1 is 1.47 bits per heavy atom. The lowest BCUT2D eigenvalue weighted by molar-refractivity contribution is 0.153. The third kappa shape index (κ3) is 2.23. The molecule has 1 saturated heterocycles. The van der Waals surface area contributed by atoms with E-state index in [0.717, 1.165) is 25.1 Å². The first kappa shape index (κ1) is 10.3. The van der Waals surface area contributed by atoms with Crippen LogP contribution in [0.4, 0.5) is 14.6 Å². The molecule has 1 atom stereocenters. The summed E-state index contributed by atoms with van der Waals surface area (Å²) < 4.78 is 26.0. The first-order valence-electron chi connectivity index (χ1n) is 4.91. The second-order valence-electron chi connectivity index (χ2n) is 3.70.